The summed E-state index contributed by atoms with van der Waals surface area (Å²) in [6.07, 6.45) is 4.25. The van der Waals surface area contributed by atoms with Gasteiger partial charge in [0.15, 0.2) is 0 Å². The molecule has 2 heterocycles. The molecule has 2 aromatic carbocycles. The van der Waals surface area contributed by atoms with Gasteiger partial charge in [-0.2, -0.15) is 0 Å². The molecule has 1 aliphatic rings. The first-order chi connectivity index (χ1) is 15.2. The number of hydrogen-bond donors (Lipinski definition) is 2. The summed E-state index contributed by atoms with van der Waals surface area (Å²) >= 11 is 0. The fraction of sp³-hybridized carbons (Fsp3) is 0.115. The number of carbonyl (C=O) groups excluding carboxylic acids is 1. The SMILES string of the molecule is Cc1ccnc(CNc2ccc(NC(=O)c3cccc4c3Cc3ccccc3-4)cn2)c1. The van der Waals surface area contributed by atoms with E-state index < -0.39 is 0 Å². The third kappa shape index (κ3) is 3.90. The molecule has 5 rings (SSSR count). The normalized spacial score (nSPS) is 11.5. The number of anilines is 2. The van der Waals surface area contributed by atoms with E-state index in [9.17, 15) is 4.79 Å². The smallest absolute Gasteiger partial charge is 0.256 e. The molecule has 0 bridgehead atoms. The monoisotopic (exact) mass is 406 g/mol. The van der Waals surface area contributed by atoms with Crippen molar-refractivity contribution in [1.82, 2.24) is 9.97 Å². The van der Waals surface area contributed by atoms with Crippen LogP contribution in [-0.2, 0) is 13.0 Å². The van der Waals surface area contributed by atoms with Crippen LogP contribution in [0.3, 0.4) is 0 Å². The van der Waals surface area contributed by atoms with Crippen LogP contribution in [0.5, 0.6) is 0 Å². The fourth-order valence-corrected chi connectivity index (χ4v) is 4.02. The molecule has 0 unspecified atom stereocenters. The van der Waals surface area contributed by atoms with E-state index in [2.05, 4.69) is 38.8 Å². The number of nitrogens with zero attached hydrogens (tertiary/aromatic N) is 2. The molecule has 0 fully saturated rings. The van der Waals surface area contributed by atoms with E-state index in [1.54, 1.807) is 12.4 Å². The number of hydrogen-bond acceptors (Lipinski definition) is 4. The lowest BCUT2D eigenvalue weighted by Gasteiger charge is -2.10. The number of carbonyl (C=O) groups is 1. The van der Waals surface area contributed by atoms with Crippen LogP contribution in [0.25, 0.3) is 11.1 Å². The quantitative estimate of drug-likeness (QED) is 0.420. The Morgan fingerprint density at radius 3 is 2.68 bits per heavy atom. The second kappa shape index (κ2) is 8.03. The second-order valence-electron chi connectivity index (χ2n) is 7.73. The molecular formula is C26H22N4O. The zero-order valence-corrected chi connectivity index (χ0v) is 17.2. The maximum absolute atomic E-state index is 13.0. The Hall–Kier alpha value is -3.99. The minimum Gasteiger partial charge on any atom is -0.364 e. The molecular weight excluding hydrogens is 384 g/mol. The third-order valence-electron chi connectivity index (χ3n) is 5.54. The number of rotatable bonds is 5. The number of amides is 1. The van der Waals surface area contributed by atoms with Gasteiger partial charge in [0.1, 0.15) is 5.82 Å². The van der Waals surface area contributed by atoms with E-state index in [4.69, 9.17) is 0 Å². The zero-order valence-electron chi connectivity index (χ0n) is 17.2. The van der Waals surface area contributed by atoms with Crippen molar-refractivity contribution in [3.63, 3.8) is 0 Å². The van der Waals surface area contributed by atoms with Gasteiger partial charge in [0, 0.05) is 11.8 Å². The topological polar surface area (TPSA) is 66.9 Å². The van der Waals surface area contributed by atoms with Gasteiger partial charge in [-0.3, -0.25) is 9.78 Å². The summed E-state index contributed by atoms with van der Waals surface area (Å²) in [4.78, 5) is 21.7. The molecule has 1 amide bonds. The summed E-state index contributed by atoms with van der Waals surface area (Å²) in [5, 5.41) is 6.24. The van der Waals surface area contributed by atoms with E-state index in [-0.39, 0.29) is 5.91 Å². The average molecular weight is 406 g/mol. The Morgan fingerprint density at radius 2 is 1.84 bits per heavy atom. The first-order valence-corrected chi connectivity index (χ1v) is 10.3. The molecule has 2 aromatic heterocycles. The summed E-state index contributed by atoms with van der Waals surface area (Å²) in [7, 11) is 0. The summed E-state index contributed by atoms with van der Waals surface area (Å²) in [6, 6.07) is 22.0. The van der Waals surface area contributed by atoms with Crippen LogP contribution in [0.2, 0.25) is 0 Å². The minimum atomic E-state index is -0.115. The lowest BCUT2D eigenvalue weighted by atomic mass is 10.0. The first-order valence-electron chi connectivity index (χ1n) is 10.3. The molecule has 0 spiro atoms. The van der Waals surface area contributed by atoms with Crippen molar-refractivity contribution >= 4 is 17.4 Å². The van der Waals surface area contributed by atoms with Gasteiger partial charge < -0.3 is 10.6 Å². The second-order valence-corrected chi connectivity index (χ2v) is 7.73. The Bertz CT molecular complexity index is 1260. The highest BCUT2D eigenvalue weighted by molar-refractivity contribution is 6.07. The molecule has 31 heavy (non-hydrogen) atoms. The van der Waals surface area contributed by atoms with Crippen LogP contribution in [0, 0.1) is 6.92 Å². The van der Waals surface area contributed by atoms with Gasteiger partial charge in [0.25, 0.3) is 5.91 Å². The van der Waals surface area contributed by atoms with Crippen LogP contribution in [0.1, 0.15) is 32.7 Å². The van der Waals surface area contributed by atoms with Crippen molar-refractivity contribution in [1.29, 1.82) is 0 Å². The summed E-state index contributed by atoms with van der Waals surface area (Å²) < 4.78 is 0. The molecule has 152 valence electrons. The Balaban J connectivity index is 1.27. The van der Waals surface area contributed by atoms with Crippen molar-refractivity contribution in [3.05, 3.63) is 107 Å². The standard InChI is InChI=1S/C26H22N4O/c1-17-11-12-27-20(13-17)16-29-25-10-9-19(15-28-25)30-26(31)23-8-4-7-22-21-6-3-2-5-18(21)14-24(22)23/h2-13,15H,14,16H2,1H3,(H,28,29)(H,30,31). The van der Waals surface area contributed by atoms with Gasteiger partial charge in [0.2, 0.25) is 0 Å². The summed E-state index contributed by atoms with van der Waals surface area (Å²) in [5.74, 6) is 0.619. The van der Waals surface area contributed by atoms with Crippen LogP contribution in [0.4, 0.5) is 11.5 Å². The highest BCUT2D eigenvalue weighted by atomic mass is 16.1. The molecule has 0 atom stereocenters. The number of nitrogens with one attached hydrogen (secondary N) is 2. The van der Waals surface area contributed by atoms with E-state index in [1.807, 2.05) is 55.5 Å². The number of benzene rings is 2. The van der Waals surface area contributed by atoms with Gasteiger partial charge in [-0.25, -0.2) is 4.98 Å². The van der Waals surface area contributed by atoms with Gasteiger partial charge in [-0.15, -0.1) is 0 Å². The number of aryl methyl sites for hydroxylation is 1. The van der Waals surface area contributed by atoms with Crippen LogP contribution in [0.15, 0.2) is 79.1 Å². The predicted molar refractivity (Wildman–Crippen MR) is 123 cm³/mol. The first kappa shape index (κ1) is 19.0. The van der Waals surface area contributed by atoms with E-state index in [0.29, 0.717) is 17.8 Å². The molecule has 0 saturated heterocycles. The van der Waals surface area contributed by atoms with Crippen molar-refractivity contribution in [3.8, 4) is 11.1 Å². The number of pyridine rings is 2. The lowest BCUT2D eigenvalue weighted by molar-refractivity contribution is 0.102. The number of aromatic nitrogens is 2. The van der Waals surface area contributed by atoms with Crippen molar-refractivity contribution in [2.75, 3.05) is 10.6 Å². The van der Waals surface area contributed by atoms with Crippen molar-refractivity contribution in [2.45, 2.75) is 19.9 Å². The van der Waals surface area contributed by atoms with Crippen LogP contribution >= 0.6 is 0 Å². The van der Waals surface area contributed by atoms with Crippen LogP contribution < -0.4 is 10.6 Å². The Kier molecular flexibility index (Phi) is 4.92. The molecule has 0 saturated carbocycles. The molecule has 1 aliphatic carbocycles. The van der Waals surface area contributed by atoms with Crippen molar-refractivity contribution in [2.24, 2.45) is 0 Å². The van der Waals surface area contributed by atoms with Gasteiger partial charge >= 0.3 is 0 Å². The minimum absolute atomic E-state index is 0.115. The molecule has 0 radical (unpaired) electrons. The molecule has 4 aromatic rings. The van der Waals surface area contributed by atoms with E-state index in [0.717, 1.165) is 29.1 Å². The maximum atomic E-state index is 13.0. The molecule has 0 aliphatic heterocycles. The molecule has 5 nitrogen and oxygen atoms in total. The Morgan fingerprint density at radius 1 is 0.968 bits per heavy atom. The lowest BCUT2D eigenvalue weighted by Crippen LogP contribution is -2.14. The Labute approximate surface area is 181 Å². The summed E-state index contributed by atoms with van der Waals surface area (Å²) in [6.45, 7) is 2.64. The highest BCUT2D eigenvalue weighted by Gasteiger charge is 2.23. The van der Waals surface area contributed by atoms with Crippen molar-refractivity contribution < 1.29 is 4.79 Å². The van der Waals surface area contributed by atoms with Crippen LogP contribution in [-0.4, -0.2) is 15.9 Å². The molecule has 5 heteroatoms. The van der Waals surface area contributed by atoms with E-state index in [1.165, 1.54) is 16.7 Å². The average Bonchev–Trinajstić information content (AvgIpc) is 3.17. The van der Waals surface area contributed by atoms with E-state index >= 15 is 0 Å². The predicted octanol–water partition coefficient (Wildman–Crippen LogP) is 5.22. The van der Waals surface area contributed by atoms with Gasteiger partial charge in [-0.1, -0.05) is 36.4 Å². The van der Waals surface area contributed by atoms with Gasteiger partial charge in [-0.05, 0) is 71.5 Å². The summed E-state index contributed by atoms with van der Waals surface area (Å²) in [5.41, 5.74) is 8.21. The fourth-order valence-electron chi connectivity index (χ4n) is 4.02. The number of fused-ring (bicyclic) bond motifs is 3. The zero-order chi connectivity index (χ0) is 21.2. The largest absolute Gasteiger partial charge is 0.364 e. The van der Waals surface area contributed by atoms with Gasteiger partial charge in [0.05, 0.1) is 24.1 Å². The highest BCUT2D eigenvalue weighted by Crippen LogP contribution is 2.38. The molecule has 2 N–H and O–H groups in total. The maximum Gasteiger partial charge on any atom is 0.256 e. The third-order valence-corrected chi connectivity index (χ3v) is 5.54.